The Labute approximate surface area is 79.5 Å². The summed E-state index contributed by atoms with van der Waals surface area (Å²) in [5, 5.41) is 9.31. The van der Waals surface area contributed by atoms with E-state index < -0.39 is 6.23 Å². The van der Waals surface area contributed by atoms with Crippen molar-refractivity contribution in [1.82, 2.24) is 4.90 Å². The maximum absolute atomic E-state index is 11.1. The van der Waals surface area contributed by atoms with Gasteiger partial charge in [0.15, 0.2) is 0 Å². The first-order valence-corrected chi connectivity index (χ1v) is 4.51. The molecular weight excluding hydrogens is 170 g/mol. The van der Waals surface area contributed by atoms with Crippen LogP contribution in [-0.2, 0) is 9.53 Å². The molecule has 2 unspecified atom stereocenters. The van der Waals surface area contributed by atoms with Crippen molar-refractivity contribution in [3.8, 4) is 0 Å². The lowest BCUT2D eigenvalue weighted by atomic mass is 10.3. The van der Waals surface area contributed by atoms with Crippen LogP contribution in [0.1, 0.15) is 26.7 Å². The Balaban J connectivity index is 3.74. The predicted molar refractivity (Wildman–Crippen MR) is 50.2 cm³/mol. The number of carbonyl (C=O) groups is 1. The Morgan fingerprint density at radius 2 is 2.08 bits per heavy atom. The van der Waals surface area contributed by atoms with Crippen LogP contribution in [0.4, 0.5) is 0 Å². The quantitative estimate of drug-likeness (QED) is 0.508. The summed E-state index contributed by atoms with van der Waals surface area (Å²) in [6.07, 6.45) is -0.000334. The van der Waals surface area contributed by atoms with Crippen LogP contribution < -0.4 is 0 Å². The SMILES string of the molecule is CCC(C)OC(=O)CC(O)N(C)C. The van der Waals surface area contributed by atoms with Gasteiger partial charge in [0.25, 0.3) is 0 Å². The van der Waals surface area contributed by atoms with Gasteiger partial charge in [-0.05, 0) is 27.4 Å². The molecule has 0 aromatic rings. The smallest absolute Gasteiger partial charge is 0.310 e. The standard InChI is InChI=1S/C9H19NO3/c1-5-7(2)13-9(12)6-8(11)10(3)4/h7-8,11H,5-6H2,1-4H3. The minimum absolute atomic E-state index is 0.0251. The van der Waals surface area contributed by atoms with Gasteiger partial charge in [-0.2, -0.15) is 0 Å². The Hall–Kier alpha value is -0.610. The van der Waals surface area contributed by atoms with Crippen LogP contribution in [0.25, 0.3) is 0 Å². The highest BCUT2D eigenvalue weighted by Crippen LogP contribution is 2.02. The molecule has 13 heavy (non-hydrogen) atoms. The van der Waals surface area contributed by atoms with Gasteiger partial charge in [-0.3, -0.25) is 9.69 Å². The van der Waals surface area contributed by atoms with E-state index in [4.69, 9.17) is 4.74 Å². The number of aliphatic hydroxyl groups is 1. The molecule has 0 aromatic carbocycles. The number of hydrogen-bond acceptors (Lipinski definition) is 4. The number of hydrogen-bond donors (Lipinski definition) is 1. The minimum Gasteiger partial charge on any atom is -0.463 e. The van der Waals surface area contributed by atoms with Gasteiger partial charge >= 0.3 is 5.97 Å². The summed E-state index contributed by atoms with van der Waals surface area (Å²) >= 11 is 0. The second kappa shape index (κ2) is 5.94. The van der Waals surface area contributed by atoms with Gasteiger partial charge in [0.2, 0.25) is 0 Å². The number of nitrogens with zero attached hydrogens (tertiary/aromatic N) is 1. The van der Waals surface area contributed by atoms with Crippen LogP contribution in [0.5, 0.6) is 0 Å². The first kappa shape index (κ1) is 12.4. The molecule has 0 radical (unpaired) electrons. The molecule has 0 aromatic heterocycles. The van der Waals surface area contributed by atoms with Crippen molar-refractivity contribution < 1.29 is 14.6 Å². The molecule has 0 aliphatic carbocycles. The van der Waals surface area contributed by atoms with E-state index in [1.807, 2.05) is 13.8 Å². The molecule has 0 bridgehead atoms. The zero-order valence-electron chi connectivity index (χ0n) is 8.78. The zero-order chi connectivity index (χ0) is 10.4. The van der Waals surface area contributed by atoms with Crippen molar-refractivity contribution in [3.63, 3.8) is 0 Å². The predicted octanol–water partition coefficient (Wildman–Crippen LogP) is 0.598. The van der Waals surface area contributed by atoms with E-state index in [1.54, 1.807) is 19.0 Å². The van der Waals surface area contributed by atoms with Crippen LogP contribution >= 0.6 is 0 Å². The van der Waals surface area contributed by atoms with Gasteiger partial charge in [0, 0.05) is 0 Å². The number of ether oxygens (including phenoxy) is 1. The maximum atomic E-state index is 11.1. The molecule has 0 saturated heterocycles. The molecule has 2 atom stereocenters. The Morgan fingerprint density at radius 1 is 1.54 bits per heavy atom. The summed E-state index contributed by atoms with van der Waals surface area (Å²) in [5.74, 6) is -0.351. The third kappa shape index (κ3) is 5.60. The zero-order valence-corrected chi connectivity index (χ0v) is 8.78. The fourth-order valence-electron chi connectivity index (χ4n) is 0.687. The number of rotatable bonds is 5. The fraction of sp³-hybridized carbons (Fsp3) is 0.889. The molecule has 4 nitrogen and oxygen atoms in total. The molecule has 0 rings (SSSR count). The summed E-state index contributed by atoms with van der Waals surface area (Å²) in [7, 11) is 3.42. The molecule has 0 spiro atoms. The maximum Gasteiger partial charge on any atom is 0.310 e. The largest absolute Gasteiger partial charge is 0.463 e. The average molecular weight is 189 g/mol. The Morgan fingerprint density at radius 3 is 2.46 bits per heavy atom. The molecule has 1 N–H and O–H groups in total. The third-order valence-corrected chi connectivity index (χ3v) is 1.85. The van der Waals surface area contributed by atoms with E-state index >= 15 is 0 Å². The highest BCUT2D eigenvalue weighted by Gasteiger charge is 2.15. The summed E-state index contributed by atoms with van der Waals surface area (Å²) in [6, 6.07) is 0. The average Bonchev–Trinajstić information content (AvgIpc) is 2.03. The number of carbonyl (C=O) groups excluding carboxylic acids is 1. The lowest BCUT2D eigenvalue weighted by Crippen LogP contribution is -2.31. The third-order valence-electron chi connectivity index (χ3n) is 1.85. The minimum atomic E-state index is -0.753. The van der Waals surface area contributed by atoms with Crippen LogP contribution in [0.3, 0.4) is 0 Å². The van der Waals surface area contributed by atoms with Crippen LogP contribution in [0, 0.1) is 0 Å². The van der Waals surface area contributed by atoms with E-state index in [0.29, 0.717) is 0 Å². The van der Waals surface area contributed by atoms with Gasteiger partial charge in [-0.15, -0.1) is 0 Å². The van der Waals surface area contributed by atoms with Crippen molar-refractivity contribution in [1.29, 1.82) is 0 Å². The first-order chi connectivity index (χ1) is 5.97. The fourth-order valence-corrected chi connectivity index (χ4v) is 0.687. The van der Waals surface area contributed by atoms with E-state index in [-0.39, 0.29) is 18.5 Å². The topological polar surface area (TPSA) is 49.8 Å². The lowest BCUT2D eigenvalue weighted by Gasteiger charge is -2.18. The van der Waals surface area contributed by atoms with Crippen molar-refractivity contribution in [3.05, 3.63) is 0 Å². The molecule has 78 valence electrons. The second-order valence-electron chi connectivity index (χ2n) is 3.36. The molecule has 0 saturated carbocycles. The highest BCUT2D eigenvalue weighted by atomic mass is 16.5. The van der Waals surface area contributed by atoms with Crippen LogP contribution in [0.2, 0.25) is 0 Å². The van der Waals surface area contributed by atoms with Crippen molar-refractivity contribution in [2.75, 3.05) is 14.1 Å². The molecule has 0 amide bonds. The van der Waals surface area contributed by atoms with Crippen molar-refractivity contribution >= 4 is 5.97 Å². The van der Waals surface area contributed by atoms with Gasteiger partial charge in [-0.25, -0.2) is 0 Å². The highest BCUT2D eigenvalue weighted by molar-refractivity contribution is 5.70. The lowest BCUT2D eigenvalue weighted by molar-refractivity contribution is -0.152. The normalized spacial score (nSPS) is 15.5. The molecule has 0 aliphatic rings. The van der Waals surface area contributed by atoms with Gasteiger partial charge < -0.3 is 9.84 Å². The number of esters is 1. The molecule has 0 aliphatic heterocycles. The summed E-state index contributed by atoms with van der Waals surface area (Å²) in [4.78, 5) is 12.7. The summed E-state index contributed by atoms with van der Waals surface area (Å²) < 4.78 is 4.99. The van der Waals surface area contributed by atoms with Crippen molar-refractivity contribution in [2.45, 2.75) is 39.0 Å². The van der Waals surface area contributed by atoms with E-state index in [2.05, 4.69) is 0 Å². The Kier molecular flexibility index (Phi) is 5.66. The van der Waals surface area contributed by atoms with Gasteiger partial charge in [0.1, 0.15) is 6.23 Å². The number of aliphatic hydroxyl groups excluding tert-OH is 1. The van der Waals surface area contributed by atoms with E-state index in [9.17, 15) is 9.90 Å². The van der Waals surface area contributed by atoms with Gasteiger partial charge in [-0.1, -0.05) is 6.92 Å². The van der Waals surface area contributed by atoms with Crippen LogP contribution in [0.15, 0.2) is 0 Å². The van der Waals surface area contributed by atoms with Crippen molar-refractivity contribution in [2.24, 2.45) is 0 Å². The van der Waals surface area contributed by atoms with E-state index in [0.717, 1.165) is 6.42 Å². The van der Waals surface area contributed by atoms with E-state index in [1.165, 1.54) is 0 Å². The Bertz CT molecular complexity index is 159. The molecule has 4 heteroatoms. The molecule has 0 heterocycles. The monoisotopic (exact) mass is 189 g/mol. The van der Waals surface area contributed by atoms with Gasteiger partial charge in [0.05, 0.1) is 12.5 Å². The second-order valence-corrected chi connectivity index (χ2v) is 3.36. The molecule has 0 fully saturated rings. The summed E-state index contributed by atoms with van der Waals surface area (Å²) in [6.45, 7) is 3.78. The molecular formula is C9H19NO3. The van der Waals surface area contributed by atoms with Crippen LogP contribution in [-0.4, -0.2) is 42.4 Å². The summed E-state index contributed by atoms with van der Waals surface area (Å²) in [5.41, 5.74) is 0. The first-order valence-electron chi connectivity index (χ1n) is 4.51.